The zero-order valence-corrected chi connectivity index (χ0v) is 12.9. The van der Waals surface area contributed by atoms with Crippen LogP contribution in [0.2, 0.25) is 15.2 Å². The highest BCUT2D eigenvalue weighted by Gasteiger charge is 2.16. The predicted molar refractivity (Wildman–Crippen MR) is 80.0 cm³/mol. The number of halogens is 3. The molecule has 0 aliphatic heterocycles. The second kappa shape index (κ2) is 5.71. The first-order valence-electron chi connectivity index (χ1n) is 5.78. The molecule has 3 nitrogen and oxygen atoms in total. The number of nitrogens with two attached hydrogens (primary N) is 1. The molecule has 0 saturated carbocycles. The standard InChI is InChI=1S/C13H14Cl3N3/c1-7-11(13(16)19(2)18-7)6-12(17)8-3-9(14)5-10(15)4-8/h3-5,12H,6,17H2,1-2H3. The Morgan fingerprint density at radius 2 is 1.79 bits per heavy atom. The van der Waals surface area contributed by atoms with Crippen molar-refractivity contribution in [2.75, 3.05) is 0 Å². The second-order valence-corrected chi connectivity index (χ2v) is 5.72. The van der Waals surface area contributed by atoms with Crippen LogP contribution in [-0.4, -0.2) is 9.78 Å². The maximum Gasteiger partial charge on any atom is 0.130 e. The molecule has 0 amide bonds. The molecule has 1 heterocycles. The van der Waals surface area contributed by atoms with Gasteiger partial charge in [0.05, 0.1) is 5.69 Å². The highest BCUT2D eigenvalue weighted by atomic mass is 35.5. The molecule has 0 radical (unpaired) electrons. The molecule has 0 aliphatic carbocycles. The van der Waals surface area contributed by atoms with Crippen molar-refractivity contribution in [1.82, 2.24) is 9.78 Å². The molecular weight excluding hydrogens is 305 g/mol. The van der Waals surface area contributed by atoms with E-state index in [1.165, 1.54) is 0 Å². The molecule has 2 rings (SSSR count). The topological polar surface area (TPSA) is 43.8 Å². The number of aromatic nitrogens is 2. The average molecular weight is 319 g/mol. The fourth-order valence-electron chi connectivity index (χ4n) is 2.03. The quantitative estimate of drug-likeness (QED) is 0.932. The van der Waals surface area contributed by atoms with E-state index < -0.39 is 0 Å². The van der Waals surface area contributed by atoms with E-state index in [1.54, 1.807) is 17.8 Å². The summed E-state index contributed by atoms with van der Waals surface area (Å²) in [5.74, 6) is 0. The molecule has 0 spiro atoms. The molecule has 0 fully saturated rings. The first-order chi connectivity index (χ1) is 8.88. The third-order valence-electron chi connectivity index (χ3n) is 3.01. The summed E-state index contributed by atoms with van der Waals surface area (Å²) in [6, 6.07) is 5.09. The number of rotatable bonds is 3. The van der Waals surface area contributed by atoms with Gasteiger partial charge in [-0.25, -0.2) is 0 Å². The van der Waals surface area contributed by atoms with Crippen molar-refractivity contribution in [3.05, 3.63) is 50.2 Å². The van der Waals surface area contributed by atoms with E-state index in [-0.39, 0.29) is 6.04 Å². The van der Waals surface area contributed by atoms with Crippen molar-refractivity contribution in [3.63, 3.8) is 0 Å². The molecule has 1 aromatic carbocycles. The molecule has 1 unspecified atom stereocenters. The van der Waals surface area contributed by atoms with Crippen LogP contribution in [-0.2, 0) is 13.5 Å². The van der Waals surface area contributed by atoms with E-state index in [4.69, 9.17) is 40.5 Å². The lowest BCUT2D eigenvalue weighted by Crippen LogP contribution is -2.14. The van der Waals surface area contributed by atoms with Crippen molar-refractivity contribution in [2.24, 2.45) is 12.8 Å². The van der Waals surface area contributed by atoms with Crippen molar-refractivity contribution >= 4 is 34.8 Å². The van der Waals surface area contributed by atoms with Gasteiger partial charge in [-0.1, -0.05) is 34.8 Å². The van der Waals surface area contributed by atoms with E-state index >= 15 is 0 Å². The average Bonchev–Trinajstić information content (AvgIpc) is 2.54. The second-order valence-electron chi connectivity index (χ2n) is 4.49. The van der Waals surface area contributed by atoms with Gasteiger partial charge in [-0.2, -0.15) is 5.10 Å². The summed E-state index contributed by atoms with van der Waals surface area (Å²) in [5.41, 5.74) is 8.92. The molecule has 0 saturated heterocycles. The van der Waals surface area contributed by atoms with Gasteiger partial charge in [0.15, 0.2) is 0 Å². The molecule has 1 aromatic heterocycles. The zero-order chi connectivity index (χ0) is 14.2. The van der Waals surface area contributed by atoms with Crippen molar-refractivity contribution in [3.8, 4) is 0 Å². The van der Waals surface area contributed by atoms with Gasteiger partial charge in [-0.05, 0) is 37.1 Å². The third-order valence-corrected chi connectivity index (χ3v) is 3.92. The SMILES string of the molecule is Cc1nn(C)c(Cl)c1CC(N)c1cc(Cl)cc(Cl)c1. The summed E-state index contributed by atoms with van der Waals surface area (Å²) in [7, 11) is 1.81. The first kappa shape index (κ1) is 14.7. The van der Waals surface area contributed by atoms with Gasteiger partial charge in [0.25, 0.3) is 0 Å². The summed E-state index contributed by atoms with van der Waals surface area (Å²) < 4.78 is 1.64. The summed E-state index contributed by atoms with van der Waals surface area (Å²) >= 11 is 18.2. The summed E-state index contributed by atoms with van der Waals surface area (Å²) in [6.45, 7) is 1.92. The smallest absolute Gasteiger partial charge is 0.130 e. The summed E-state index contributed by atoms with van der Waals surface area (Å²) in [5, 5.41) is 6.03. The first-order valence-corrected chi connectivity index (χ1v) is 6.91. The molecule has 2 N–H and O–H groups in total. The Kier molecular flexibility index (Phi) is 4.41. The fraction of sp³-hybridized carbons (Fsp3) is 0.308. The van der Waals surface area contributed by atoms with Gasteiger partial charge in [-0.15, -0.1) is 0 Å². The van der Waals surface area contributed by atoms with Gasteiger partial charge in [0.1, 0.15) is 5.15 Å². The fourth-order valence-corrected chi connectivity index (χ4v) is 2.83. The lowest BCUT2D eigenvalue weighted by molar-refractivity contribution is 0.718. The van der Waals surface area contributed by atoms with Crippen LogP contribution in [0.4, 0.5) is 0 Å². The van der Waals surface area contributed by atoms with Gasteiger partial charge in [0.2, 0.25) is 0 Å². The van der Waals surface area contributed by atoms with Crippen molar-refractivity contribution in [1.29, 1.82) is 0 Å². The molecule has 2 aromatic rings. The van der Waals surface area contributed by atoms with Gasteiger partial charge in [0, 0.05) is 28.7 Å². The van der Waals surface area contributed by atoms with Crippen LogP contribution in [0.25, 0.3) is 0 Å². The minimum atomic E-state index is -0.225. The Labute approximate surface area is 127 Å². The number of nitrogens with zero attached hydrogens (tertiary/aromatic N) is 2. The Morgan fingerprint density at radius 1 is 1.21 bits per heavy atom. The molecule has 6 heteroatoms. The molecule has 0 aliphatic rings. The summed E-state index contributed by atoms with van der Waals surface area (Å²) in [4.78, 5) is 0. The molecule has 0 bridgehead atoms. The normalized spacial score (nSPS) is 12.7. The monoisotopic (exact) mass is 317 g/mol. The number of hydrogen-bond donors (Lipinski definition) is 1. The molecule has 102 valence electrons. The van der Waals surface area contributed by atoms with E-state index in [1.807, 2.05) is 19.1 Å². The van der Waals surface area contributed by atoms with Crippen LogP contribution in [0.3, 0.4) is 0 Å². The summed E-state index contributed by atoms with van der Waals surface area (Å²) in [6.07, 6.45) is 0.592. The lowest BCUT2D eigenvalue weighted by atomic mass is 10.0. The Balaban J connectivity index is 2.27. The van der Waals surface area contributed by atoms with Crippen molar-refractivity contribution in [2.45, 2.75) is 19.4 Å². The van der Waals surface area contributed by atoms with E-state index in [9.17, 15) is 0 Å². The van der Waals surface area contributed by atoms with Crippen LogP contribution in [0.5, 0.6) is 0 Å². The predicted octanol–water partition coefficient (Wildman–Crippen LogP) is 3.93. The highest BCUT2D eigenvalue weighted by molar-refractivity contribution is 6.34. The molecular formula is C13H14Cl3N3. The molecule has 19 heavy (non-hydrogen) atoms. The van der Waals surface area contributed by atoms with Crippen molar-refractivity contribution < 1.29 is 0 Å². The van der Waals surface area contributed by atoms with E-state index in [0.717, 1.165) is 16.8 Å². The largest absolute Gasteiger partial charge is 0.324 e. The minimum absolute atomic E-state index is 0.225. The van der Waals surface area contributed by atoms with Crippen LogP contribution >= 0.6 is 34.8 Å². The lowest BCUT2D eigenvalue weighted by Gasteiger charge is -2.13. The van der Waals surface area contributed by atoms with Gasteiger partial charge >= 0.3 is 0 Å². The number of aryl methyl sites for hydroxylation is 2. The Hall–Kier alpha value is -0.740. The highest BCUT2D eigenvalue weighted by Crippen LogP contribution is 2.27. The maximum atomic E-state index is 6.20. The minimum Gasteiger partial charge on any atom is -0.324 e. The van der Waals surface area contributed by atoms with Gasteiger partial charge in [-0.3, -0.25) is 4.68 Å². The Bertz CT molecular complexity index is 587. The Morgan fingerprint density at radius 3 is 2.26 bits per heavy atom. The zero-order valence-electron chi connectivity index (χ0n) is 10.6. The van der Waals surface area contributed by atoms with Gasteiger partial charge < -0.3 is 5.73 Å². The third kappa shape index (κ3) is 3.23. The van der Waals surface area contributed by atoms with E-state index in [2.05, 4.69) is 5.10 Å². The number of benzene rings is 1. The van der Waals surface area contributed by atoms with Crippen LogP contribution in [0.1, 0.15) is 22.9 Å². The van der Waals surface area contributed by atoms with Crippen LogP contribution in [0, 0.1) is 6.92 Å². The van der Waals surface area contributed by atoms with Crippen LogP contribution < -0.4 is 5.73 Å². The molecule has 1 atom stereocenters. The number of hydrogen-bond acceptors (Lipinski definition) is 2. The van der Waals surface area contributed by atoms with Crippen LogP contribution in [0.15, 0.2) is 18.2 Å². The maximum absolute atomic E-state index is 6.20. The van der Waals surface area contributed by atoms with E-state index in [0.29, 0.717) is 21.6 Å².